The zero-order valence-electron chi connectivity index (χ0n) is 20.6. The Bertz CT molecular complexity index is 1480. The highest BCUT2D eigenvalue weighted by Crippen LogP contribution is 2.23. The van der Waals surface area contributed by atoms with Crippen LogP contribution in [0.5, 0.6) is 5.75 Å². The van der Waals surface area contributed by atoms with Crippen molar-refractivity contribution >= 4 is 37.5 Å². The molecular weight excluding hydrogens is 514 g/mol. The minimum Gasteiger partial charge on any atom is -0.497 e. The van der Waals surface area contributed by atoms with Gasteiger partial charge in [0.2, 0.25) is 10.0 Å². The van der Waals surface area contributed by atoms with E-state index >= 15 is 0 Å². The number of aromatic nitrogens is 1. The number of hydrogen-bond donors (Lipinski definition) is 0. The van der Waals surface area contributed by atoms with E-state index in [9.17, 15) is 13.2 Å². The molecule has 1 amide bonds. The van der Waals surface area contributed by atoms with Crippen LogP contribution in [-0.4, -0.2) is 56.6 Å². The Hall–Kier alpha value is -3.55. The minimum atomic E-state index is -3.93. The number of rotatable bonds is 12. The maximum atomic E-state index is 13.0. The maximum Gasteiger partial charge on any atom is 0.279 e. The second-order valence-corrected chi connectivity index (χ2v) is 10.7. The Morgan fingerprint density at radius 2 is 1.78 bits per heavy atom. The second kappa shape index (κ2) is 13.1. The van der Waals surface area contributed by atoms with E-state index < -0.39 is 15.9 Å². The lowest BCUT2D eigenvalue weighted by Gasteiger charge is -2.20. The molecule has 0 atom stereocenters. The molecule has 0 saturated carbocycles. The monoisotopic (exact) mass is 541 g/mol. The van der Waals surface area contributed by atoms with Gasteiger partial charge < -0.3 is 14.0 Å². The summed E-state index contributed by atoms with van der Waals surface area (Å²) in [4.78, 5) is 17.8. The van der Waals surface area contributed by atoms with E-state index in [1.54, 1.807) is 7.11 Å². The summed E-state index contributed by atoms with van der Waals surface area (Å²) in [6.07, 6.45) is 0.00882. The number of methoxy groups -OCH3 is 1. The SMILES string of the molecule is CCOCCn1c(=NC(=O)c2ccc(S(=O)(=O)N(CCC#N)CCC#N)cc2)sc2cc(OC)ccc21. The molecule has 1 aromatic heterocycles. The Balaban J connectivity index is 1.93. The van der Waals surface area contributed by atoms with E-state index in [-0.39, 0.29) is 36.4 Å². The van der Waals surface area contributed by atoms with E-state index in [0.29, 0.717) is 30.3 Å². The Morgan fingerprint density at radius 3 is 2.38 bits per heavy atom. The highest BCUT2D eigenvalue weighted by atomic mass is 32.2. The number of amides is 1. The van der Waals surface area contributed by atoms with E-state index in [1.807, 2.05) is 41.8 Å². The van der Waals surface area contributed by atoms with Crippen LogP contribution in [-0.2, 0) is 21.3 Å². The highest BCUT2D eigenvalue weighted by molar-refractivity contribution is 7.89. The van der Waals surface area contributed by atoms with Crippen molar-refractivity contribution in [3.63, 3.8) is 0 Å². The molecule has 0 saturated heterocycles. The molecule has 1 heterocycles. The molecule has 0 fully saturated rings. The van der Waals surface area contributed by atoms with Crippen molar-refractivity contribution in [2.45, 2.75) is 31.2 Å². The first kappa shape index (κ1) is 28.0. The highest BCUT2D eigenvalue weighted by Gasteiger charge is 2.24. The number of fused-ring (bicyclic) bond motifs is 1. The first-order valence-electron chi connectivity index (χ1n) is 11.5. The third kappa shape index (κ3) is 6.81. The molecule has 0 spiro atoms. The third-order valence-electron chi connectivity index (χ3n) is 5.44. The van der Waals surface area contributed by atoms with E-state index in [4.69, 9.17) is 20.0 Å². The van der Waals surface area contributed by atoms with Crippen molar-refractivity contribution < 1.29 is 22.7 Å². The lowest BCUT2D eigenvalue weighted by molar-refractivity contribution is 0.0996. The molecule has 37 heavy (non-hydrogen) atoms. The number of nitrogens with zero attached hydrogens (tertiary/aromatic N) is 5. The second-order valence-electron chi connectivity index (χ2n) is 7.73. The number of ether oxygens (including phenoxy) is 2. The average molecular weight is 542 g/mol. The first-order valence-corrected chi connectivity index (χ1v) is 13.8. The van der Waals surface area contributed by atoms with E-state index in [0.717, 1.165) is 14.5 Å². The lowest BCUT2D eigenvalue weighted by atomic mass is 10.2. The normalized spacial score (nSPS) is 12.0. The van der Waals surface area contributed by atoms with Gasteiger partial charge in [-0.05, 0) is 49.4 Å². The van der Waals surface area contributed by atoms with E-state index in [1.165, 1.54) is 35.6 Å². The van der Waals surface area contributed by atoms with Crippen molar-refractivity contribution in [1.82, 2.24) is 8.87 Å². The van der Waals surface area contributed by atoms with Crippen LogP contribution in [0.4, 0.5) is 0 Å². The molecule has 0 N–H and O–H groups in total. The smallest absolute Gasteiger partial charge is 0.279 e. The predicted octanol–water partition coefficient (Wildman–Crippen LogP) is 3.31. The molecule has 0 unspecified atom stereocenters. The van der Waals surface area contributed by atoms with Gasteiger partial charge in [0.1, 0.15) is 5.75 Å². The van der Waals surface area contributed by atoms with Crippen LogP contribution in [0, 0.1) is 22.7 Å². The Kier molecular flexibility index (Phi) is 9.94. The summed E-state index contributed by atoms with van der Waals surface area (Å²) in [5, 5.41) is 17.7. The molecule has 194 valence electrons. The van der Waals surface area contributed by atoms with Crippen molar-refractivity contribution in [1.29, 1.82) is 10.5 Å². The number of carbonyl (C=O) groups excluding carboxylic acids is 1. The van der Waals surface area contributed by atoms with Crippen molar-refractivity contribution in [3.8, 4) is 17.9 Å². The topological polar surface area (TPSA) is 138 Å². The summed E-state index contributed by atoms with van der Waals surface area (Å²) < 4.78 is 40.7. The van der Waals surface area contributed by atoms with Gasteiger partial charge in [-0.1, -0.05) is 11.3 Å². The number of hydrogen-bond acceptors (Lipinski definition) is 8. The van der Waals surface area contributed by atoms with Gasteiger partial charge in [0.25, 0.3) is 5.91 Å². The van der Waals surface area contributed by atoms with Gasteiger partial charge in [-0.25, -0.2) is 8.42 Å². The molecule has 0 bridgehead atoms. The molecule has 3 aromatic rings. The summed E-state index contributed by atoms with van der Waals surface area (Å²) in [6, 6.07) is 15.0. The van der Waals surface area contributed by atoms with Crippen molar-refractivity contribution in [3.05, 3.63) is 52.8 Å². The largest absolute Gasteiger partial charge is 0.497 e. The van der Waals surface area contributed by atoms with Gasteiger partial charge in [-0.2, -0.15) is 19.8 Å². The summed E-state index contributed by atoms with van der Waals surface area (Å²) in [6.45, 7) is 3.40. The summed E-state index contributed by atoms with van der Waals surface area (Å²) in [7, 11) is -2.34. The van der Waals surface area contributed by atoms with Crippen LogP contribution < -0.4 is 9.54 Å². The van der Waals surface area contributed by atoms with Gasteiger partial charge in [0, 0.05) is 44.6 Å². The lowest BCUT2D eigenvalue weighted by Crippen LogP contribution is -2.32. The van der Waals surface area contributed by atoms with Gasteiger partial charge in [-0.3, -0.25) is 4.79 Å². The van der Waals surface area contributed by atoms with Crippen LogP contribution in [0.15, 0.2) is 52.4 Å². The zero-order chi connectivity index (χ0) is 26.8. The van der Waals surface area contributed by atoms with Crippen molar-refractivity contribution in [2.75, 3.05) is 33.4 Å². The van der Waals surface area contributed by atoms with Crippen LogP contribution in [0.25, 0.3) is 10.2 Å². The molecule has 0 aliphatic heterocycles. The number of thiazole rings is 1. The molecule has 0 aliphatic carbocycles. The summed E-state index contributed by atoms with van der Waals surface area (Å²) in [5.74, 6) is 0.178. The van der Waals surface area contributed by atoms with E-state index in [2.05, 4.69) is 4.99 Å². The van der Waals surface area contributed by atoms with Crippen molar-refractivity contribution in [2.24, 2.45) is 4.99 Å². The molecule has 3 rings (SSSR count). The van der Waals surface area contributed by atoms with Gasteiger partial charge in [0.15, 0.2) is 4.80 Å². The fourth-order valence-electron chi connectivity index (χ4n) is 3.55. The number of carbonyl (C=O) groups is 1. The van der Waals surface area contributed by atoms with Crippen LogP contribution >= 0.6 is 11.3 Å². The molecule has 2 aromatic carbocycles. The average Bonchev–Trinajstić information content (AvgIpc) is 3.24. The first-order chi connectivity index (χ1) is 17.8. The van der Waals surface area contributed by atoms with Crippen LogP contribution in [0.2, 0.25) is 0 Å². The summed E-state index contributed by atoms with van der Waals surface area (Å²) in [5.41, 5.74) is 1.12. The third-order valence-corrected chi connectivity index (χ3v) is 8.39. The minimum absolute atomic E-state index is 0.00441. The maximum absolute atomic E-state index is 13.0. The Morgan fingerprint density at radius 1 is 1.11 bits per heavy atom. The van der Waals surface area contributed by atoms with Gasteiger partial charge >= 0.3 is 0 Å². The van der Waals surface area contributed by atoms with Gasteiger partial charge in [-0.15, -0.1) is 0 Å². The fraction of sp³-hybridized carbons (Fsp3) is 0.360. The molecule has 12 heteroatoms. The fourth-order valence-corrected chi connectivity index (χ4v) is 6.08. The molecule has 0 radical (unpaired) electrons. The molecule has 10 nitrogen and oxygen atoms in total. The number of nitriles is 2. The number of benzene rings is 2. The predicted molar refractivity (Wildman–Crippen MR) is 138 cm³/mol. The summed E-state index contributed by atoms with van der Waals surface area (Å²) >= 11 is 1.35. The van der Waals surface area contributed by atoms with Crippen LogP contribution in [0.1, 0.15) is 30.1 Å². The Labute approximate surface area is 219 Å². The zero-order valence-corrected chi connectivity index (χ0v) is 22.2. The van der Waals surface area contributed by atoms with Gasteiger partial charge in [0.05, 0.1) is 41.0 Å². The number of sulfonamides is 1. The standard InChI is InChI=1S/C25H27N5O5S2/c1-3-35-17-16-30-22-11-8-20(34-2)18-23(22)36-25(30)28-24(31)19-6-9-21(10-7-19)37(32,33)29(14-4-12-26)15-5-13-27/h6-11,18H,3-5,14-17H2,1-2H3. The molecular formula is C25H27N5O5S2. The van der Waals surface area contributed by atoms with Crippen LogP contribution in [0.3, 0.4) is 0 Å². The quantitative estimate of drug-likeness (QED) is 0.321. The molecule has 0 aliphatic rings.